The molecule has 1 aromatic rings. The molecule has 11 heteroatoms. The first-order chi connectivity index (χ1) is 21.1. The number of hydrogen-bond acceptors (Lipinski definition) is 8. The van der Waals surface area contributed by atoms with Crippen LogP contribution < -0.4 is 0 Å². The number of rotatable bonds is 9. The van der Waals surface area contributed by atoms with Gasteiger partial charge in [-0.15, -0.1) is 0 Å². The minimum absolute atomic E-state index is 0.0947. The van der Waals surface area contributed by atoms with Crippen molar-refractivity contribution in [2.45, 2.75) is 90.8 Å². The Balaban J connectivity index is 1.88. The predicted octanol–water partition coefficient (Wildman–Crippen LogP) is 6.70. The number of hydrogen-bond donors (Lipinski definition) is 0. The summed E-state index contributed by atoms with van der Waals surface area (Å²) >= 11 is 0. The first kappa shape index (κ1) is 34.4. The van der Waals surface area contributed by atoms with Gasteiger partial charge in [-0.25, -0.2) is 4.79 Å². The lowest BCUT2D eigenvalue weighted by Crippen LogP contribution is -2.58. The maximum absolute atomic E-state index is 14.7. The summed E-state index contributed by atoms with van der Waals surface area (Å²) in [6, 6.07) is 6.59. The van der Waals surface area contributed by atoms with E-state index in [1.54, 1.807) is 6.08 Å². The standard InChI is InChI=1S/C34H41F3O8/c1-8-20(2)14-16-31(6)21(3)15-17-32-26(28(42-22(4)38)45-30(32)43-23(5)39)18-25(19-27(31)32)44-29(40)33(41-7,34(35,36)37)24-12-10-9-11-13-24/h8-14,18,21,25,27-28,30H,1,15-17,19H2,2-7H3/b20-14-/t21-,25+,27+,28+,30-,31-,32-,33-/m1/s1. The Hall–Kier alpha value is -3.44. The Morgan fingerprint density at radius 3 is 2.27 bits per heavy atom. The number of ether oxygens (including phenoxy) is 5. The van der Waals surface area contributed by atoms with Crippen molar-refractivity contribution in [2.24, 2.45) is 22.7 Å². The molecule has 0 bridgehead atoms. The van der Waals surface area contributed by atoms with Crippen LogP contribution in [0.3, 0.4) is 0 Å². The molecule has 1 heterocycles. The van der Waals surface area contributed by atoms with Crippen molar-refractivity contribution >= 4 is 17.9 Å². The van der Waals surface area contributed by atoms with E-state index < -0.39 is 70.7 Å². The number of carbonyl (C=O) groups is 3. The van der Waals surface area contributed by atoms with Crippen LogP contribution in [-0.4, -0.2) is 49.9 Å². The van der Waals surface area contributed by atoms with Crippen molar-refractivity contribution < 1.29 is 51.2 Å². The van der Waals surface area contributed by atoms with E-state index in [2.05, 4.69) is 20.4 Å². The van der Waals surface area contributed by atoms with E-state index in [9.17, 15) is 27.6 Å². The fourth-order valence-corrected chi connectivity index (χ4v) is 7.42. The molecular formula is C34H41F3O8. The van der Waals surface area contributed by atoms with Gasteiger partial charge in [0, 0.05) is 32.1 Å². The summed E-state index contributed by atoms with van der Waals surface area (Å²) < 4.78 is 72.2. The number of carbonyl (C=O) groups excluding carboxylic acids is 3. The average molecular weight is 635 g/mol. The van der Waals surface area contributed by atoms with Crippen molar-refractivity contribution in [1.82, 2.24) is 0 Å². The molecule has 0 amide bonds. The molecule has 1 saturated heterocycles. The molecule has 45 heavy (non-hydrogen) atoms. The lowest BCUT2D eigenvalue weighted by Gasteiger charge is -2.58. The normalized spacial score (nSPS) is 32.7. The van der Waals surface area contributed by atoms with Crippen molar-refractivity contribution in [2.75, 3.05) is 7.11 Å². The van der Waals surface area contributed by atoms with E-state index in [1.165, 1.54) is 38.1 Å². The zero-order chi connectivity index (χ0) is 33.4. The highest BCUT2D eigenvalue weighted by atomic mass is 19.4. The smallest absolute Gasteiger partial charge is 0.432 e. The number of allylic oxidation sites excluding steroid dienone is 3. The van der Waals surface area contributed by atoms with Crippen LogP contribution in [0.1, 0.15) is 65.9 Å². The minimum atomic E-state index is -5.16. The SMILES string of the molecule is C=C/C(C)=C\C[C@]1(C)[C@H](C)CC[C@@]23C(=C[C@H](OC(=O)[C@](OC)(c4ccccc4)C(F)(F)F)C[C@@H]12)[C@@H](OC(C)=O)O[C@H]3OC(C)=O. The molecule has 3 aliphatic rings. The summed E-state index contributed by atoms with van der Waals surface area (Å²) in [5.74, 6) is -3.26. The number of halogens is 3. The molecule has 0 radical (unpaired) electrons. The Kier molecular flexibility index (Phi) is 9.76. The van der Waals surface area contributed by atoms with Crippen molar-refractivity contribution in [3.63, 3.8) is 0 Å². The second kappa shape index (κ2) is 12.7. The first-order valence-corrected chi connectivity index (χ1v) is 15.0. The lowest BCUT2D eigenvalue weighted by molar-refractivity contribution is -0.278. The van der Waals surface area contributed by atoms with Crippen LogP contribution >= 0.6 is 0 Å². The highest BCUT2D eigenvalue weighted by Crippen LogP contribution is 2.67. The van der Waals surface area contributed by atoms with Gasteiger partial charge in [0.25, 0.3) is 5.60 Å². The topological polar surface area (TPSA) is 97.4 Å². The fourth-order valence-electron chi connectivity index (χ4n) is 7.42. The Bertz CT molecular complexity index is 1370. The van der Waals surface area contributed by atoms with Gasteiger partial charge in [-0.1, -0.05) is 68.5 Å². The third-order valence-electron chi connectivity index (χ3n) is 9.99. The molecule has 0 N–H and O–H groups in total. The van der Waals surface area contributed by atoms with Gasteiger partial charge in [0.2, 0.25) is 12.6 Å². The van der Waals surface area contributed by atoms with Crippen LogP contribution in [-0.2, 0) is 43.7 Å². The zero-order valence-corrected chi connectivity index (χ0v) is 26.4. The quantitative estimate of drug-likeness (QED) is 0.128. The fraction of sp³-hybridized carbons (Fsp3) is 0.559. The summed E-state index contributed by atoms with van der Waals surface area (Å²) in [5, 5.41) is 0. The summed E-state index contributed by atoms with van der Waals surface area (Å²) in [4.78, 5) is 38.2. The van der Waals surface area contributed by atoms with Crippen LogP contribution in [0.15, 0.2) is 66.3 Å². The number of esters is 3. The molecule has 2 aliphatic carbocycles. The minimum Gasteiger partial charge on any atom is -0.455 e. The highest BCUT2D eigenvalue weighted by molar-refractivity contribution is 5.83. The molecule has 1 aliphatic heterocycles. The molecule has 0 unspecified atom stereocenters. The molecular weight excluding hydrogens is 593 g/mol. The summed E-state index contributed by atoms with van der Waals surface area (Å²) in [6.07, 6.45) is -1.71. The van der Waals surface area contributed by atoms with Gasteiger partial charge in [0.15, 0.2) is 0 Å². The van der Waals surface area contributed by atoms with Gasteiger partial charge in [0.1, 0.15) is 6.10 Å². The number of alkyl halides is 3. The summed E-state index contributed by atoms with van der Waals surface area (Å²) in [6.45, 7) is 12.4. The second-order valence-corrected chi connectivity index (χ2v) is 12.5. The van der Waals surface area contributed by atoms with Gasteiger partial charge >= 0.3 is 24.1 Å². The second-order valence-electron chi connectivity index (χ2n) is 12.5. The van der Waals surface area contributed by atoms with E-state index in [1.807, 2.05) is 13.0 Å². The van der Waals surface area contributed by atoms with Crippen LogP contribution in [0, 0.1) is 22.7 Å². The van der Waals surface area contributed by atoms with Gasteiger partial charge < -0.3 is 18.9 Å². The van der Waals surface area contributed by atoms with Crippen molar-refractivity contribution in [1.29, 1.82) is 0 Å². The predicted molar refractivity (Wildman–Crippen MR) is 157 cm³/mol. The number of benzene rings is 1. The van der Waals surface area contributed by atoms with Gasteiger partial charge in [-0.2, -0.15) is 13.2 Å². The van der Waals surface area contributed by atoms with Crippen LogP contribution in [0.4, 0.5) is 13.2 Å². The summed E-state index contributed by atoms with van der Waals surface area (Å²) in [7, 11) is 0.811. The Morgan fingerprint density at radius 2 is 1.71 bits per heavy atom. The Morgan fingerprint density at radius 1 is 1.07 bits per heavy atom. The molecule has 1 spiro atoms. The monoisotopic (exact) mass is 634 g/mol. The Labute approximate surface area is 261 Å². The average Bonchev–Trinajstić information content (AvgIpc) is 3.24. The molecule has 246 valence electrons. The largest absolute Gasteiger partial charge is 0.455 e. The molecule has 0 aromatic heterocycles. The number of methoxy groups -OCH3 is 1. The first-order valence-electron chi connectivity index (χ1n) is 15.0. The molecule has 8 nitrogen and oxygen atoms in total. The van der Waals surface area contributed by atoms with Gasteiger partial charge in [-0.05, 0) is 55.9 Å². The molecule has 8 atom stereocenters. The third-order valence-corrected chi connectivity index (χ3v) is 9.99. The highest BCUT2D eigenvalue weighted by Gasteiger charge is 2.69. The maximum Gasteiger partial charge on any atom is 0.432 e. The zero-order valence-electron chi connectivity index (χ0n) is 26.4. The van der Waals surface area contributed by atoms with Crippen molar-refractivity contribution in [3.05, 3.63) is 71.8 Å². The van der Waals surface area contributed by atoms with E-state index in [4.69, 9.17) is 23.7 Å². The van der Waals surface area contributed by atoms with E-state index in [-0.39, 0.29) is 12.3 Å². The molecule has 4 rings (SSSR count). The van der Waals surface area contributed by atoms with Gasteiger partial charge in [-0.3, -0.25) is 14.3 Å². The van der Waals surface area contributed by atoms with E-state index in [0.29, 0.717) is 24.8 Å². The van der Waals surface area contributed by atoms with Crippen LogP contribution in [0.5, 0.6) is 0 Å². The third kappa shape index (κ3) is 5.96. The molecule has 2 fully saturated rings. The summed E-state index contributed by atoms with van der Waals surface area (Å²) in [5.41, 5.74) is -4.02. The van der Waals surface area contributed by atoms with Crippen LogP contribution in [0.2, 0.25) is 0 Å². The molecule has 1 aromatic carbocycles. The van der Waals surface area contributed by atoms with Crippen molar-refractivity contribution in [3.8, 4) is 0 Å². The lowest BCUT2D eigenvalue weighted by atomic mass is 9.46. The van der Waals surface area contributed by atoms with Crippen LogP contribution in [0.25, 0.3) is 0 Å². The molecule has 1 saturated carbocycles. The van der Waals surface area contributed by atoms with Gasteiger partial charge in [0.05, 0.1) is 5.41 Å². The van der Waals surface area contributed by atoms with E-state index >= 15 is 0 Å². The van der Waals surface area contributed by atoms with E-state index in [0.717, 1.165) is 24.8 Å². The maximum atomic E-state index is 14.7.